The minimum atomic E-state index is -3.93. The first kappa shape index (κ1) is 13.4. The molecule has 2 rings (SSSR count). The molecular formula is C10H9ClN4O3S. The second-order valence-electron chi connectivity index (χ2n) is 3.60. The molecule has 4 N–H and O–H groups in total. The summed E-state index contributed by atoms with van der Waals surface area (Å²) in [6.07, 6.45) is 0. The maximum absolute atomic E-state index is 12.1. The number of nitrogen functional groups attached to an aromatic ring is 1. The van der Waals surface area contributed by atoms with Gasteiger partial charge in [0.2, 0.25) is 0 Å². The fourth-order valence-corrected chi connectivity index (χ4v) is 2.86. The lowest BCUT2D eigenvalue weighted by molar-refractivity contribution is 0.601. The lowest BCUT2D eigenvalue weighted by Gasteiger charge is -2.08. The Morgan fingerprint density at radius 1 is 1.26 bits per heavy atom. The van der Waals surface area contributed by atoms with Crippen LogP contribution in [-0.4, -0.2) is 18.6 Å². The normalized spacial score (nSPS) is 11.2. The minimum Gasteiger partial charge on any atom is -0.399 e. The van der Waals surface area contributed by atoms with Gasteiger partial charge in [-0.05, 0) is 24.3 Å². The Bertz CT molecular complexity index is 752. The Morgan fingerprint density at radius 3 is 2.63 bits per heavy atom. The van der Waals surface area contributed by atoms with E-state index >= 15 is 0 Å². The summed E-state index contributed by atoms with van der Waals surface area (Å²) in [6, 6.07) is 6.48. The maximum Gasteiger partial charge on any atom is 0.264 e. The van der Waals surface area contributed by atoms with Crippen LogP contribution in [0, 0.1) is 0 Å². The number of aromatic nitrogens is 2. The molecule has 0 saturated heterocycles. The van der Waals surface area contributed by atoms with Crippen molar-refractivity contribution in [3.63, 3.8) is 0 Å². The highest BCUT2D eigenvalue weighted by Gasteiger charge is 2.19. The van der Waals surface area contributed by atoms with E-state index in [1.54, 1.807) is 0 Å². The van der Waals surface area contributed by atoms with E-state index in [9.17, 15) is 13.2 Å². The molecule has 1 aromatic heterocycles. The lowest BCUT2D eigenvalue weighted by atomic mass is 10.3. The summed E-state index contributed by atoms with van der Waals surface area (Å²) in [5, 5.41) is 5.68. The Morgan fingerprint density at radius 2 is 2.00 bits per heavy atom. The summed E-state index contributed by atoms with van der Waals surface area (Å²) in [5.41, 5.74) is 5.35. The van der Waals surface area contributed by atoms with Crippen LogP contribution in [0.25, 0.3) is 0 Å². The molecule has 1 aromatic carbocycles. The average Bonchev–Trinajstić information content (AvgIpc) is 2.35. The third-order valence-corrected chi connectivity index (χ3v) is 4.00. The molecule has 0 fully saturated rings. The first-order valence-electron chi connectivity index (χ1n) is 5.02. The van der Waals surface area contributed by atoms with Crippen molar-refractivity contribution in [3.8, 4) is 0 Å². The summed E-state index contributed by atoms with van der Waals surface area (Å²) >= 11 is 5.82. The Balaban J connectivity index is 2.40. The molecule has 0 bridgehead atoms. The molecule has 0 amide bonds. The number of halogens is 1. The molecule has 0 radical (unpaired) electrons. The summed E-state index contributed by atoms with van der Waals surface area (Å²) in [6.45, 7) is 0. The summed E-state index contributed by atoms with van der Waals surface area (Å²) < 4.78 is 26.3. The molecule has 0 saturated carbocycles. The number of rotatable bonds is 3. The van der Waals surface area contributed by atoms with Crippen LogP contribution in [0.4, 0.5) is 11.5 Å². The number of hydrogen-bond donors (Lipinski definition) is 3. The number of hydrogen-bond acceptors (Lipinski definition) is 5. The zero-order chi connectivity index (χ0) is 14.0. The standard InChI is InChI=1S/C10H9ClN4O3S/c11-7-2-1-6(12)5-8(7)19(17,18)15-9-3-4-10(16)14-13-9/h1-5H,12H2,(H,13,15)(H,14,16). The van der Waals surface area contributed by atoms with Crippen LogP contribution >= 0.6 is 11.6 Å². The zero-order valence-electron chi connectivity index (χ0n) is 9.42. The summed E-state index contributed by atoms with van der Waals surface area (Å²) in [4.78, 5) is 10.7. The van der Waals surface area contributed by atoms with E-state index in [0.29, 0.717) is 0 Å². The molecular weight excluding hydrogens is 292 g/mol. The number of nitrogens with one attached hydrogen (secondary N) is 2. The second kappa shape index (κ2) is 4.90. The molecule has 0 aliphatic carbocycles. The highest BCUT2D eigenvalue weighted by Crippen LogP contribution is 2.25. The first-order valence-corrected chi connectivity index (χ1v) is 6.88. The lowest BCUT2D eigenvalue weighted by Crippen LogP contribution is -2.17. The van der Waals surface area contributed by atoms with E-state index in [-0.39, 0.29) is 21.4 Å². The van der Waals surface area contributed by atoms with E-state index in [1.807, 2.05) is 0 Å². The molecule has 0 unspecified atom stereocenters. The van der Waals surface area contributed by atoms with Crippen molar-refractivity contribution < 1.29 is 8.42 Å². The van der Waals surface area contributed by atoms with Crippen LogP contribution < -0.4 is 16.0 Å². The van der Waals surface area contributed by atoms with Gasteiger partial charge < -0.3 is 5.73 Å². The molecule has 0 aliphatic heterocycles. The van der Waals surface area contributed by atoms with E-state index in [1.165, 1.54) is 24.3 Å². The largest absolute Gasteiger partial charge is 0.399 e. The smallest absolute Gasteiger partial charge is 0.264 e. The fraction of sp³-hybridized carbons (Fsp3) is 0. The van der Waals surface area contributed by atoms with Gasteiger partial charge in [0.25, 0.3) is 15.6 Å². The van der Waals surface area contributed by atoms with Crippen LogP contribution in [0.1, 0.15) is 0 Å². The number of nitrogens with two attached hydrogens (primary N) is 1. The molecule has 19 heavy (non-hydrogen) atoms. The van der Waals surface area contributed by atoms with E-state index < -0.39 is 15.6 Å². The average molecular weight is 301 g/mol. The number of anilines is 2. The summed E-state index contributed by atoms with van der Waals surface area (Å²) in [5.74, 6) is -0.0295. The van der Waals surface area contributed by atoms with Crippen molar-refractivity contribution in [1.29, 1.82) is 0 Å². The molecule has 7 nitrogen and oxygen atoms in total. The van der Waals surface area contributed by atoms with E-state index in [2.05, 4.69) is 14.9 Å². The second-order valence-corrected chi connectivity index (χ2v) is 5.66. The maximum atomic E-state index is 12.1. The van der Waals surface area contributed by atoms with Crippen LogP contribution in [-0.2, 0) is 10.0 Å². The SMILES string of the molecule is Nc1ccc(Cl)c(S(=O)(=O)Nc2ccc(=O)[nH]n2)c1. The predicted octanol–water partition coefficient (Wildman–Crippen LogP) is 0.806. The number of aromatic amines is 1. The molecule has 0 spiro atoms. The van der Waals surface area contributed by atoms with Gasteiger partial charge in [-0.3, -0.25) is 9.52 Å². The molecule has 1 heterocycles. The highest BCUT2D eigenvalue weighted by atomic mass is 35.5. The van der Waals surface area contributed by atoms with Crippen molar-refractivity contribution in [2.45, 2.75) is 4.90 Å². The topological polar surface area (TPSA) is 118 Å². The third kappa shape index (κ3) is 3.04. The third-order valence-electron chi connectivity index (χ3n) is 2.16. The van der Waals surface area contributed by atoms with Gasteiger partial charge in [-0.1, -0.05) is 11.6 Å². The van der Waals surface area contributed by atoms with Gasteiger partial charge in [0, 0.05) is 11.8 Å². The van der Waals surface area contributed by atoms with Gasteiger partial charge in [0.15, 0.2) is 5.82 Å². The van der Waals surface area contributed by atoms with Gasteiger partial charge in [-0.2, -0.15) is 5.10 Å². The monoisotopic (exact) mass is 300 g/mol. The van der Waals surface area contributed by atoms with E-state index in [0.717, 1.165) is 6.07 Å². The molecule has 100 valence electrons. The van der Waals surface area contributed by atoms with Crippen LogP contribution in [0.3, 0.4) is 0 Å². The van der Waals surface area contributed by atoms with Gasteiger partial charge in [0.05, 0.1) is 5.02 Å². The minimum absolute atomic E-state index is 0.0295. The van der Waals surface area contributed by atoms with Gasteiger partial charge in [0.1, 0.15) is 4.90 Å². The van der Waals surface area contributed by atoms with Gasteiger partial charge in [-0.25, -0.2) is 13.5 Å². The van der Waals surface area contributed by atoms with Crippen molar-refractivity contribution in [3.05, 3.63) is 45.7 Å². The quantitative estimate of drug-likeness (QED) is 0.725. The Labute approximate surface area is 113 Å². The van der Waals surface area contributed by atoms with Crippen molar-refractivity contribution in [2.75, 3.05) is 10.5 Å². The van der Waals surface area contributed by atoms with Gasteiger partial charge >= 0.3 is 0 Å². The number of nitrogens with zero attached hydrogens (tertiary/aromatic N) is 1. The van der Waals surface area contributed by atoms with Crippen LogP contribution in [0.15, 0.2) is 40.0 Å². The van der Waals surface area contributed by atoms with Crippen molar-refractivity contribution in [1.82, 2.24) is 10.2 Å². The fourth-order valence-electron chi connectivity index (χ4n) is 1.32. The van der Waals surface area contributed by atoms with Crippen molar-refractivity contribution >= 4 is 33.1 Å². The van der Waals surface area contributed by atoms with Gasteiger partial charge in [-0.15, -0.1) is 0 Å². The van der Waals surface area contributed by atoms with Crippen LogP contribution in [0.2, 0.25) is 5.02 Å². The number of H-pyrrole nitrogens is 1. The molecule has 0 aliphatic rings. The number of benzene rings is 1. The molecule has 2 aromatic rings. The Hall–Kier alpha value is -2.06. The van der Waals surface area contributed by atoms with Crippen molar-refractivity contribution in [2.24, 2.45) is 0 Å². The molecule has 9 heteroatoms. The summed E-state index contributed by atoms with van der Waals surface area (Å²) in [7, 11) is -3.93. The predicted molar refractivity (Wildman–Crippen MR) is 71.5 cm³/mol. The molecule has 0 atom stereocenters. The number of sulfonamides is 1. The van der Waals surface area contributed by atoms with Crippen LogP contribution in [0.5, 0.6) is 0 Å². The first-order chi connectivity index (χ1) is 8.88. The zero-order valence-corrected chi connectivity index (χ0v) is 11.0. The van der Waals surface area contributed by atoms with E-state index in [4.69, 9.17) is 17.3 Å². The highest BCUT2D eigenvalue weighted by molar-refractivity contribution is 7.92. The Kier molecular flexibility index (Phi) is 3.45.